The molecule has 14 heavy (non-hydrogen) atoms. The number of halogens is 1. The number of carbonyl (C=O) groups is 1. The van der Waals surface area contributed by atoms with Gasteiger partial charge in [-0.15, -0.1) is 0 Å². The second kappa shape index (κ2) is 4.64. The molecule has 0 saturated heterocycles. The summed E-state index contributed by atoms with van der Waals surface area (Å²) in [5.74, 6) is -0.256. The average Bonchev–Trinajstić information content (AvgIpc) is 2.56. The monoisotopic (exact) mass is 199 g/mol. The second-order valence-electron chi connectivity index (χ2n) is 2.97. The summed E-state index contributed by atoms with van der Waals surface area (Å²) in [6, 6.07) is 0. The van der Waals surface area contributed by atoms with Crippen LogP contribution in [0.15, 0.2) is 6.20 Å². The topological polar surface area (TPSA) is 70.9 Å². The molecule has 0 spiro atoms. The Labute approximate surface area is 81.7 Å². The highest BCUT2D eigenvalue weighted by atomic mass is 19.1. The summed E-state index contributed by atoms with van der Waals surface area (Å²) in [7, 11) is 1.53. The van der Waals surface area contributed by atoms with E-state index < -0.39 is 0 Å². The zero-order valence-electron chi connectivity index (χ0n) is 8.06. The molecular formula is C9H14FN3O. The summed E-state index contributed by atoms with van der Waals surface area (Å²) in [6.45, 7) is -0.375. The number of carbonyl (C=O) groups excluding carboxylic acids is 1. The SMILES string of the molecule is CNC(=O)c1[nH]cc(CCCF)c1N. The Kier molecular flexibility index (Phi) is 3.50. The maximum absolute atomic E-state index is 11.9. The van der Waals surface area contributed by atoms with Gasteiger partial charge in [-0.3, -0.25) is 9.18 Å². The Hall–Kier alpha value is -1.52. The number of aryl methyl sites for hydroxylation is 1. The third kappa shape index (κ3) is 2.04. The number of hydrogen-bond acceptors (Lipinski definition) is 2. The normalized spacial score (nSPS) is 10.1. The van der Waals surface area contributed by atoms with Gasteiger partial charge in [-0.05, 0) is 18.4 Å². The van der Waals surface area contributed by atoms with E-state index >= 15 is 0 Å². The summed E-state index contributed by atoms with van der Waals surface area (Å²) >= 11 is 0. The van der Waals surface area contributed by atoms with E-state index in [1.54, 1.807) is 6.20 Å². The first-order valence-electron chi connectivity index (χ1n) is 4.44. The fourth-order valence-electron chi connectivity index (χ4n) is 1.25. The highest BCUT2D eigenvalue weighted by molar-refractivity contribution is 5.97. The molecule has 0 aliphatic heterocycles. The number of nitrogen functional groups attached to an aromatic ring is 1. The molecular weight excluding hydrogens is 185 g/mol. The smallest absolute Gasteiger partial charge is 0.269 e. The number of amides is 1. The number of H-pyrrole nitrogens is 1. The largest absolute Gasteiger partial charge is 0.397 e. The van der Waals surface area contributed by atoms with Crippen molar-refractivity contribution >= 4 is 11.6 Å². The standard InChI is InChI=1S/C9H14FN3O/c1-12-9(14)8-7(11)6(5-13-8)3-2-4-10/h5,13H,2-4,11H2,1H3,(H,12,14). The zero-order chi connectivity index (χ0) is 10.6. The molecule has 4 nitrogen and oxygen atoms in total. The molecule has 1 rings (SSSR count). The molecule has 0 saturated carbocycles. The van der Waals surface area contributed by atoms with Crippen LogP contribution in [0.25, 0.3) is 0 Å². The van der Waals surface area contributed by atoms with E-state index in [4.69, 9.17) is 5.73 Å². The van der Waals surface area contributed by atoms with E-state index in [1.165, 1.54) is 7.05 Å². The van der Waals surface area contributed by atoms with Crippen LogP contribution in [0.3, 0.4) is 0 Å². The summed E-state index contributed by atoms with van der Waals surface area (Å²) in [5.41, 5.74) is 7.26. The maximum Gasteiger partial charge on any atom is 0.269 e. The molecule has 0 aliphatic carbocycles. The van der Waals surface area contributed by atoms with Crippen molar-refractivity contribution in [2.75, 3.05) is 19.5 Å². The number of anilines is 1. The van der Waals surface area contributed by atoms with Gasteiger partial charge < -0.3 is 16.0 Å². The van der Waals surface area contributed by atoms with E-state index in [1.807, 2.05) is 0 Å². The van der Waals surface area contributed by atoms with Crippen molar-refractivity contribution < 1.29 is 9.18 Å². The highest BCUT2D eigenvalue weighted by Crippen LogP contribution is 2.18. The van der Waals surface area contributed by atoms with Gasteiger partial charge >= 0.3 is 0 Å². The van der Waals surface area contributed by atoms with E-state index in [0.29, 0.717) is 24.2 Å². The van der Waals surface area contributed by atoms with E-state index in [0.717, 1.165) is 5.56 Å². The molecule has 0 aromatic carbocycles. The molecule has 0 atom stereocenters. The van der Waals surface area contributed by atoms with E-state index in [-0.39, 0.29) is 12.6 Å². The molecule has 0 bridgehead atoms. The first-order chi connectivity index (χ1) is 6.70. The summed E-state index contributed by atoms with van der Waals surface area (Å²) in [5, 5.41) is 2.47. The number of aromatic nitrogens is 1. The summed E-state index contributed by atoms with van der Waals surface area (Å²) < 4.78 is 11.9. The quantitative estimate of drug-likeness (QED) is 0.673. The molecule has 5 heteroatoms. The van der Waals surface area contributed by atoms with Crippen molar-refractivity contribution in [1.29, 1.82) is 0 Å². The molecule has 0 fully saturated rings. The minimum atomic E-state index is -0.375. The highest BCUT2D eigenvalue weighted by Gasteiger charge is 2.13. The van der Waals surface area contributed by atoms with Crippen LogP contribution < -0.4 is 11.1 Å². The van der Waals surface area contributed by atoms with Crippen molar-refractivity contribution in [2.24, 2.45) is 0 Å². The number of rotatable bonds is 4. The minimum absolute atomic E-state index is 0.256. The molecule has 78 valence electrons. The fraction of sp³-hybridized carbons (Fsp3) is 0.444. The van der Waals surface area contributed by atoms with Crippen molar-refractivity contribution in [2.45, 2.75) is 12.8 Å². The molecule has 1 aromatic heterocycles. The Morgan fingerprint density at radius 2 is 2.43 bits per heavy atom. The van der Waals surface area contributed by atoms with Gasteiger partial charge in [-0.2, -0.15) is 0 Å². The lowest BCUT2D eigenvalue weighted by molar-refractivity contribution is 0.0959. The second-order valence-corrected chi connectivity index (χ2v) is 2.97. The molecule has 1 amide bonds. The van der Waals surface area contributed by atoms with Crippen molar-refractivity contribution in [3.63, 3.8) is 0 Å². The van der Waals surface area contributed by atoms with Crippen LogP contribution in [-0.4, -0.2) is 24.6 Å². The molecule has 0 aliphatic rings. The Morgan fingerprint density at radius 3 is 3.00 bits per heavy atom. The minimum Gasteiger partial charge on any atom is -0.397 e. The number of hydrogen-bond donors (Lipinski definition) is 3. The molecule has 0 radical (unpaired) electrons. The van der Waals surface area contributed by atoms with Gasteiger partial charge in [0.2, 0.25) is 0 Å². The Balaban J connectivity index is 2.80. The van der Waals surface area contributed by atoms with Gasteiger partial charge in [0.15, 0.2) is 0 Å². The summed E-state index contributed by atoms with van der Waals surface area (Å²) in [6.07, 6.45) is 2.63. The third-order valence-electron chi connectivity index (χ3n) is 2.04. The van der Waals surface area contributed by atoms with Crippen LogP contribution in [-0.2, 0) is 6.42 Å². The first-order valence-corrected chi connectivity index (χ1v) is 4.44. The molecule has 1 heterocycles. The molecule has 1 aromatic rings. The van der Waals surface area contributed by atoms with Crippen LogP contribution >= 0.6 is 0 Å². The van der Waals surface area contributed by atoms with Crippen LogP contribution in [0, 0.1) is 0 Å². The third-order valence-corrected chi connectivity index (χ3v) is 2.04. The lowest BCUT2D eigenvalue weighted by Crippen LogP contribution is -2.19. The number of nitrogens with one attached hydrogen (secondary N) is 2. The van der Waals surface area contributed by atoms with Crippen LogP contribution in [0.5, 0.6) is 0 Å². The number of aromatic amines is 1. The van der Waals surface area contributed by atoms with Crippen LogP contribution in [0.2, 0.25) is 0 Å². The fourth-order valence-corrected chi connectivity index (χ4v) is 1.25. The number of nitrogens with two attached hydrogens (primary N) is 1. The molecule has 4 N–H and O–H groups in total. The maximum atomic E-state index is 11.9. The van der Waals surface area contributed by atoms with Gasteiger partial charge in [-0.25, -0.2) is 0 Å². The van der Waals surface area contributed by atoms with Gasteiger partial charge in [0.05, 0.1) is 12.4 Å². The van der Waals surface area contributed by atoms with E-state index in [2.05, 4.69) is 10.3 Å². The van der Waals surface area contributed by atoms with Crippen molar-refractivity contribution in [3.8, 4) is 0 Å². The van der Waals surface area contributed by atoms with Gasteiger partial charge in [0, 0.05) is 13.2 Å². The predicted molar refractivity (Wildman–Crippen MR) is 52.9 cm³/mol. The lowest BCUT2D eigenvalue weighted by Gasteiger charge is -1.99. The Morgan fingerprint density at radius 1 is 1.71 bits per heavy atom. The van der Waals surface area contributed by atoms with E-state index in [9.17, 15) is 9.18 Å². The Bertz CT molecular complexity index is 322. The first kappa shape index (κ1) is 10.6. The van der Waals surface area contributed by atoms with Crippen molar-refractivity contribution in [1.82, 2.24) is 10.3 Å². The summed E-state index contributed by atoms with van der Waals surface area (Å²) in [4.78, 5) is 14.0. The average molecular weight is 199 g/mol. The van der Waals surface area contributed by atoms with Gasteiger partial charge in [0.1, 0.15) is 5.69 Å². The zero-order valence-corrected chi connectivity index (χ0v) is 8.06. The van der Waals surface area contributed by atoms with Crippen LogP contribution in [0.4, 0.5) is 10.1 Å². The molecule has 0 unspecified atom stereocenters. The predicted octanol–water partition coefficient (Wildman–Crippen LogP) is 0.859. The van der Waals surface area contributed by atoms with Gasteiger partial charge in [0.25, 0.3) is 5.91 Å². The number of alkyl halides is 1. The lowest BCUT2D eigenvalue weighted by atomic mass is 10.1. The van der Waals surface area contributed by atoms with Crippen molar-refractivity contribution in [3.05, 3.63) is 17.5 Å². The van der Waals surface area contributed by atoms with Crippen LogP contribution in [0.1, 0.15) is 22.5 Å². The van der Waals surface area contributed by atoms with Gasteiger partial charge in [-0.1, -0.05) is 0 Å².